The third kappa shape index (κ3) is 3.38. The molecule has 0 spiro atoms. The fraction of sp³-hybridized carbons (Fsp3) is 0.357. The van der Waals surface area contributed by atoms with Crippen LogP contribution in [0.2, 0.25) is 0 Å². The van der Waals surface area contributed by atoms with Gasteiger partial charge in [-0.3, -0.25) is 9.59 Å². The Morgan fingerprint density at radius 2 is 1.25 bits per heavy atom. The first kappa shape index (κ1) is 19.5. The number of carbonyl (C=O) groups is 2. The van der Waals surface area contributed by atoms with Gasteiger partial charge in [0.05, 0.1) is 5.41 Å². The van der Waals surface area contributed by atoms with Crippen LogP contribution >= 0.6 is 0 Å². The summed E-state index contributed by atoms with van der Waals surface area (Å²) in [5.41, 5.74) is 2.02. The number of fused-ring (bicyclic) bond motifs is 1. The molecule has 4 aliphatic rings. The molecule has 3 aromatic rings. The number of amides is 2. The Kier molecular flexibility index (Phi) is 4.56. The van der Waals surface area contributed by atoms with Crippen molar-refractivity contribution >= 4 is 34.0 Å². The molecular weight excluding hydrogens is 396 g/mol. The van der Waals surface area contributed by atoms with Gasteiger partial charge in [0.15, 0.2) is 0 Å². The third-order valence-corrected chi connectivity index (χ3v) is 7.95. The third-order valence-electron chi connectivity index (χ3n) is 7.95. The van der Waals surface area contributed by atoms with Gasteiger partial charge < -0.3 is 10.6 Å². The monoisotopic (exact) mass is 424 g/mol. The average Bonchev–Trinajstić information content (AvgIpc) is 2.79. The Balaban J connectivity index is 1.15. The van der Waals surface area contributed by atoms with Gasteiger partial charge in [-0.1, -0.05) is 36.4 Å². The minimum Gasteiger partial charge on any atom is -0.326 e. The van der Waals surface area contributed by atoms with Gasteiger partial charge in [-0.05, 0) is 97.4 Å². The van der Waals surface area contributed by atoms with Crippen molar-refractivity contribution in [3.8, 4) is 0 Å². The highest BCUT2D eigenvalue weighted by atomic mass is 16.2. The quantitative estimate of drug-likeness (QED) is 0.520. The molecule has 3 aromatic carbocycles. The fourth-order valence-electron chi connectivity index (χ4n) is 6.91. The molecule has 162 valence electrons. The van der Waals surface area contributed by atoms with E-state index in [1.807, 2.05) is 66.7 Å². The number of carbonyl (C=O) groups excluding carboxylic acids is 2. The smallest absolute Gasteiger partial charge is 0.256 e. The first-order valence-electron chi connectivity index (χ1n) is 11.8. The highest BCUT2D eigenvalue weighted by molar-refractivity contribution is 6.13. The van der Waals surface area contributed by atoms with Gasteiger partial charge in [-0.15, -0.1) is 0 Å². The maximum atomic E-state index is 13.3. The van der Waals surface area contributed by atoms with Gasteiger partial charge in [0.2, 0.25) is 5.91 Å². The maximum Gasteiger partial charge on any atom is 0.256 e. The Morgan fingerprint density at radius 1 is 0.688 bits per heavy atom. The Hall–Kier alpha value is -3.14. The molecule has 0 aliphatic heterocycles. The molecule has 0 radical (unpaired) electrons. The van der Waals surface area contributed by atoms with Crippen molar-refractivity contribution in [2.45, 2.75) is 38.5 Å². The molecule has 4 fully saturated rings. The summed E-state index contributed by atoms with van der Waals surface area (Å²) in [6, 6.07) is 21.1. The van der Waals surface area contributed by atoms with Gasteiger partial charge in [0, 0.05) is 16.9 Å². The summed E-state index contributed by atoms with van der Waals surface area (Å²) in [6.45, 7) is 0. The summed E-state index contributed by atoms with van der Waals surface area (Å²) in [5.74, 6) is 2.31. The van der Waals surface area contributed by atoms with Crippen LogP contribution in [0.15, 0.2) is 66.7 Å². The standard InChI is InChI=1S/C28H28N2O2/c31-26(25-7-3-5-21-4-1-2-6-24(21)25)29-22-8-10-23(11-9-22)30-27(32)28-15-18-12-19(16-28)14-20(13-18)17-28/h1-11,18-20H,12-17H2,(H,29,31)(H,30,32). The van der Waals surface area contributed by atoms with Crippen LogP contribution in [-0.2, 0) is 4.79 Å². The number of hydrogen-bond acceptors (Lipinski definition) is 2. The van der Waals surface area contributed by atoms with Crippen LogP contribution in [0.5, 0.6) is 0 Å². The summed E-state index contributed by atoms with van der Waals surface area (Å²) in [7, 11) is 0. The van der Waals surface area contributed by atoms with Crippen molar-refractivity contribution in [3.63, 3.8) is 0 Å². The summed E-state index contributed by atoms with van der Waals surface area (Å²) in [6.07, 6.45) is 7.17. The number of benzene rings is 3. The molecule has 4 aliphatic carbocycles. The molecule has 0 unspecified atom stereocenters. The maximum absolute atomic E-state index is 13.3. The molecule has 2 N–H and O–H groups in total. The van der Waals surface area contributed by atoms with Gasteiger partial charge >= 0.3 is 0 Å². The topological polar surface area (TPSA) is 58.2 Å². The molecule has 0 saturated heterocycles. The van der Waals surface area contributed by atoms with E-state index in [0.29, 0.717) is 5.56 Å². The van der Waals surface area contributed by atoms with Gasteiger partial charge in [0.1, 0.15) is 0 Å². The van der Waals surface area contributed by atoms with E-state index in [9.17, 15) is 9.59 Å². The molecule has 4 nitrogen and oxygen atoms in total. The van der Waals surface area contributed by atoms with E-state index in [1.54, 1.807) is 0 Å². The molecule has 0 heterocycles. The van der Waals surface area contributed by atoms with Crippen LogP contribution in [0.1, 0.15) is 48.9 Å². The molecule has 2 amide bonds. The van der Waals surface area contributed by atoms with Crippen LogP contribution in [0.4, 0.5) is 11.4 Å². The zero-order valence-electron chi connectivity index (χ0n) is 18.1. The second-order valence-electron chi connectivity index (χ2n) is 10.2. The van der Waals surface area contributed by atoms with E-state index < -0.39 is 0 Å². The van der Waals surface area contributed by atoms with E-state index in [0.717, 1.165) is 59.2 Å². The van der Waals surface area contributed by atoms with Gasteiger partial charge in [-0.25, -0.2) is 0 Å². The van der Waals surface area contributed by atoms with Crippen molar-refractivity contribution in [1.29, 1.82) is 0 Å². The van der Waals surface area contributed by atoms with E-state index in [-0.39, 0.29) is 17.2 Å². The zero-order valence-corrected chi connectivity index (χ0v) is 18.1. The molecule has 4 heteroatoms. The lowest BCUT2D eigenvalue weighted by molar-refractivity contribution is -0.140. The Morgan fingerprint density at radius 3 is 1.91 bits per heavy atom. The van der Waals surface area contributed by atoms with Crippen molar-refractivity contribution in [1.82, 2.24) is 0 Å². The SMILES string of the molecule is O=C(Nc1ccc(NC(=O)C23CC4CC(CC(C4)C2)C3)cc1)c1cccc2ccccc12. The van der Waals surface area contributed by atoms with Crippen LogP contribution in [0.25, 0.3) is 10.8 Å². The fourth-order valence-corrected chi connectivity index (χ4v) is 6.91. The van der Waals surface area contributed by atoms with Crippen LogP contribution < -0.4 is 10.6 Å². The van der Waals surface area contributed by atoms with Crippen LogP contribution in [0, 0.1) is 23.2 Å². The van der Waals surface area contributed by atoms with Crippen molar-refractivity contribution in [2.24, 2.45) is 23.2 Å². The summed E-state index contributed by atoms with van der Waals surface area (Å²) in [5, 5.41) is 8.15. The van der Waals surface area contributed by atoms with Crippen LogP contribution in [0.3, 0.4) is 0 Å². The lowest BCUT2D eigenvalue weighted by Gasteiger charge is -2.55. The lowest BCUT2D eigenvalue weighted by atomic mass is 9.49. The van der Waals surface area contributed by atoms with Crippen molar-refractivity contribution < 1.29 is 9.59 Å². The second kappa shape index (κ2) is 7.47. The minimum atomic E-state index is -0.157. The highest BCUT2D eigenvalue weighted by Gasteiger charge is 2.54. The second-order valence-corrected chi connectivity index (χ2v) is 10.2. The van der Waals surface area contributed by atoms with Gasteiger partial charge in [-0.2, -0.15) is 0 Å². The summed E-state index contributed by atoms with van der Waals surface area (Å²) < 4.78 is 0. The first-order valence-corrected chi connectivity index (χ1v) is 11.8. The molecular formula is C28H28N2O2. The molecule has 0 atom stereocenters. The average molecular weight is 425 g/mol. The lowest BCUT2D eigenvalue weighted by Crippen LogP contribution is -2.51. The Labute approximate surface area is 188 Å². The van der Waals surface area contributed by atoms with E-state index >= 15 is 0 Å². The van der Waals surface area contributed by atoms with E-state index in [4.69, 9.17) is 0 Å². The highest BCUT2D eigenvalue weighted by Crippen LogP contribution is 2.60. The summed E-state index contributed by atoms with van der Waals surface area (Å²) in [4.78, 5) is 26.1. The predicted octanol–water partition coefficient (Wildman–Crippen LogP) is 6.25. The molecule has 32 heavy (non-hydrogen) atoms. The van der Waals surface area contributed by atoms with Crippen molar-refractivity contribution in [3.05, 3.63) is 72.3 Å². The Bertz CT molecular complexity index is 1160. The number of anilines is 2. The predicted molar refractivity (Wildman–Crippen MR) is 128 cm³/mol. The number of nitrogens with one attached hydrogen (secondary N) is 2. The molecule has 4 saturated carbocycles. The van der Waals surface area contributed by atoms with E-state index in [2.05, 4.69) is 10.6 Å². The summed E-state index contributed by atoms with van der Waals surface area (Å²) >= 11 is 0. The molecule has 4 bridgehead atoms. The normalized spacial score (nSPS) is 27.9. The minimum absolute atomic E-state index is 0.132. The largest absolute Gasteiger partial charge is 0.326 e. The first-order chi connectivity index (χ1) is 15.6. The number of hydrogen-bond donors (Lipinski definition) is 2. The number of rotatable bonds is 4. The molecule has 7 rings (SSSR count). The van der Waals surface area contributed by atoms with Crippen LogP contribution in [-0.4, -0.2) is 11.8 Å². The van der Waals surface area contributed by atoms with E-state index in [1.165, 1.54) is 19.3 Å². The molecule has 0 aromatic heterocycles. The van der Waals surface area contributed by atoms with Crippen molar-refractivity contribution in [2.75, 3.05) is 10.6 Å². The zero-order chi connectivity index (χ0) is 21.7. The van der Waals surface area contributed by atoms with Gasteiger partial charge in [0.25, 0.3) is 5.91 Å².